The van der Waals surface area contributed by atoms with Crippen LogP contribution in [0.25, 0.3) is 0 Å². The van der Waals surface area contributed by atoms with Gasteiger partial charge in [-0.15, -0.1) is 24.0 Å². The molecular weight excluding hydrogens is 337 g/mol. The SMILES string of the molecule is CC(Cc1ccc(CCl)cc1C(C)C)CN1CC(C)CC(C)C1.Cl. The molecule has 1 aromatic carbocycles. The molecule has 3 unspecified atom stereocenters. The second-order valence-corrected chi connectivity index (χ2v) is 8.56. The second kappa shape index (κ2) is 10.0. The molecule has 1 aromatic rings. The maximum absolute atomic E-state index is 6.01. The number of benzene rings is 1. The van der Waals surface area contributed by atoms with Gasteiger partial charge in [-0.1, -0.05) is 52.8 Å². The van der Waals surface area contributed by atoms with Crippen molar-refractivity contribution in [3.05, 3.63) is 34.9 Å². The highest BCUT2D eigenvalue weighted by Gasteiger charge is 2.23. The summed E-state index contributed by atoms with van der Waals surface area (Å²) in [4.78, 5) is 2.69. The lowest BCUT2D eigenvalue weighted by molar-refractivity contribution is 0.125. The lowest BCUT2D eigenvalue weighted by Gasteiger charge is -2.36. The first kappa shape index (κ1) is 21.8. The number of piperidine rings is 1. The zero-order valence-corrected chi connectivity index (χ0v) is 17.6. The van der Waals surface area contributed by atoms with Crippen LogP contribution in [0.2, 0.25) is 0 Å². The zero-order valence-electron chi connectivity index (χ0n) is 16.0. The summed E-state index contributed by atoms with van der Waals surface area (Å²) >= 11 is 6.01. The summed E-state index contributed by atoms with van der Waals surface area (Å²) in [6.45, 7) is 15.6. The third-order valence-electron chi connectivity index (χ3n) is 5.07. The van der Waals surface area contributed by atoms with Crippen LogP contribution in [0, 0.1) is 17.8 Å². The van der Waals surface area contributed by atoms with Gasteiger partial charge in [-0.25, -0.2) is 0 Å². The van der Waals surface area contributed by atoms with Gasteiger partial charge in [-0.05, 0) is 53.2 Å². The highest BCUT2D eigenvalue weighted by molar-refractivity contribution is 6.17. The van der Waals surface area contributed by atoms with Crippen LogP contribution in [-0.2, 0) is 12.3 Å². The predicted octanol–water partition coefficient (Wildman–Crippen LogP) is 6.13. The van der Waals surface area contributed by atoms with E-state index in [9.17, 15) is 0 Å². The third-order valence-corrected chi connectivity index (χ3v) is 5.38. The van der Waals surface area contributed by atoms with Gasteiger partial charge < -0.3 is 4.90 Å². The smallest absolute Gasteiger partial charge is 0.0474 e. The Morgan fingerprint density at radius 3 is 2.29 bits per heavy atom. The van der Waals surface area contributed by atoms with Gasteiger partial charge in [0, 0.05) is 25.5 Å². The van der Waals surface area contributed by atoms with Gasteiger partial charge in [-0.3, -0.25) is 0 Å². The van der Waals surface area contributed by atoms with Crippen LogP contribution in [-0.4, -0.2) is 24.5 Å². The molecule has 2 rings (SSSR count). The van der Waals surface area contributed by atoms with Gasteiger partial charge in [0.25, 0.3) is 0 Å². The van der Waals surface area contributed by atoms with E-state index in [2.05, 4.69) is 57.7 Å². The van der Waals surface area contributed by atoms with Gasteiger partial charge >= 0.3 is 0 Å². The minimum absolute atomic E-state index is 0. The Bertz CT molecular complexity index is 491. The summed E-state index contributed by atoms with van der Waals surface area (Å²) < 4.78 is 0. The standard InChI is InChI=1S/C21H34ClN.ClH/c1-15(2)21-10-19(11-22)6-7-20(21)9-18(5)14-23-12-16(3)8-17(4)13-23;/h6-7,10,15-18H,8-9,11-14H2,1-5H3;1H. The minimum atomic E-state index is 0. The number of rotatable bonds is 6. The van der Waals surface area contributed by atoms with Crippen molar-refractivity contribution < 1.29 is 0 Å². The van der Waals surface area contributed by atoms with E-state index in [1.54, 1.807) is 0 Å². The highest BCUT2D eigenvalue weighted by atomic mass is 35.5. The summed E-state index contributed by atoms with van der Waals surface area (Å²) in [5, 5.41) is 0. The fourth-order valence-corrected chi connectivity index (χ4v) is 4.44. The van der Waals surface area contributed by atoms with E-state index in [4.69, 9.17) is 11.6 Å². The highest BCUT2D eigenvalue weighted by Crippen LogP contribution is 2.26. The van der Waals surface area contributed by atoms with E-state index in [1.807, 2.05) is 0 Å². The van der Waals surface area contributed by atoms with Crippen molar-refractivity contribution in [2.75, 3.05) is 19.6 Å². The van der Waals surface area contributed by atoms with Gasteiger partial charge in [0.2, 0.25) is 0 Å². The van der Waals surface area contributed by atoms with Crippen molar-refractivity contribution in [2.45, 2.75) is 59.3 Å². The molecule has 1 aliphatic heterocycles. The predicted molar refractivity (Wildman–Crippen MR) is 110 cm³/mol. The lowest BCUT2D eigenvalue weighted by Crippen LogP contribution is -2.41. The van der Waals surface area contributed by atoms with Crippen molar-refractivity contribution in [1.82, 2.24) is 4.90 Å². The molecule has 0 spiro atoms. The summed E-state index contributed by atoms with van der Waals surface area (Å²) in [5.41, 5.74) is 4.24. The maximum Gasteiger partial charge on any atom is 0.0474 e. The van der Waals surface area contributed by atoms with Crippen LogP contribution < -0.4 is 0 Å². The molecule has 1 aliphatic rings. The molecule has 24 heavy (non-hydrogen) atoms. The quantitative estimate of drug-likeness (QED) is 0.543. The molecule has 0 N–H and O–H groups in total. The second-order valence-electron chi connectivity index (χ2n) is 8.30. The molecule has 1 nitrogen and oxygen atoms in total. The summed E-state index contributed by atoms with van der Waals surface area (Å²) in [7, 11) is 0. The summed E-state index contributed by atoms with van der Waals surface area (Å²) in [6, 6.07) is 6.82. The largest absolute Gasteiger partial charge is 0.303 e. The Labute approximate surface area is 160 Å². The number of halogens is 2. The third kappa shape index (κ3) is 6.24. The van der Waals surface area contributed by atoms with Gasteiger partial charge in [0.1, 0.15) is 0 Å². The first-order chi connectivity index (χ1) is 10.9. The average Bonchev–Trinajstić information content (AvgIpc) is 2.46. The van der Waals surface area contributed by atoms with Gasteiger partial charge in [0.05, 0.1) is 0 Å². The van der Waals surface area contributed by atoms with E-state index in [1.165, 1.54) is 49.2 Å². The molecule has 138 valence electrons. The molecule has 0 saturated carbocycles. The summed E-state index contributed by atoms with van der Waals surface area (Å²) in [5.74, 6) is 3.57. The van der Waals surface area contributed by atoms with Crippen LogP contribution in [0.5, 0.6) is 0 Å². The first-order valence-corrected chi connectivity index (χ1v) is 9.82. The molecule has 0 aliphatic carbocycles. The molecule has 0 radical (unpaired) electrons. The van der Waals surface area contributed by atoms with Crippen LogP contribution in [0.15, 0.2) is 18.2 Å². The Balaban J connectivity index is 0.00000288. The molecule has 1 heterocycles. The van der Waals surface area contributed by atoms with E-state index < -0.39 is 0 Å². The fourth-order valence-electron chi connectivity index (χ4n) is 4.27. The fraction of sp³-hybridized carbons (Fsp3) is 0.714. The minimum Gasteiger partial charge on any atom is -0.303 e. The number of alkyl halides is 1. The van der Waals surface area contributed by atoms with E-state index in [0.29, 0.717) is 17.7 Å². The van der Waals surface area contributed by atoms with Crippen molar-refractivity contribution in [1.29, 1.82) is 0 Å². The molecular formula is C21H35Cl2N. The van der Waals surface area contributed by atoms with E-state index in [-0.39, 0.29) is 12.4 Å². The van der Waals surface area contributed by atoms with Crippen LogP contribution >= 0.6 is 24.0 Å². The van der Waals surface area contributed by atoms with Crippen molar-refractivity contribution in [3.63, 3.8) is 0 Å². The number of hydrogen-bond donors (Lipinski definition) is 0. The van der Waals surface area contributed by atoms with E-state index >= 15 is 0 Å². The molecule has 3 heteroatoms. The molecule has 1 fully saturated rings. The average molecular weight is 372 g/mol. The number of hydrogen-bond acceptors (Lipinski definition) is 1. The lowest BCUT2D eigenvalue weighted by atomic mass is 9.88. The molecule has 1 saturated heterocycles. The molecule has 0 bridgehead atoms. The van der Waals surface area contributed by atoms with E-state index in [0.717, 1.165) is 11.8 Å². The Hall–Kier alpha value is -0.240. The summed E-state index contributed by atoms with van der Waals surface area (Å²) in [6.07, 6.45) is 2.57. The Morgan fingerprint density at radius 1 is 1.12 bits per heavy atom. The number of likely N-dealkylation sites (tertiary alicyclic amines) is 1. The Kier molecular flexibility index (Phi) is 9.12. The van der Waals surface area contributed by atoms with Crippen LogP contribution in [0.1, 0.15) is 63.6 Å². The van der Waals surface area contributed by atoms with Gasteiger partial charge in [0.15, 0.2) is 0 Å². The number of nitrogens with zero attached hydrogens (tertiary/aromatic N) is 1. The Morgan fingerprint density at radius 2 is 1.75 bits per heavy atom. The van der Waals surface area contributed by atoms with Crippen molar-refractivity contribution >= 4 is 24.0 Å². The van der Waals surface area contributed by atoms with Crippen LogP contribution in [0.4, 0.5) is 0 Å². The molecule has 0 aromatic heterocycles. The van der Waals surface area contributed by atoms with Crippen molar-refractivity contribution in [2.24, 2.45) is 17.8 Å². The zero-order chi connectivity index (χ0) is 17.0. The first-order valence-electron chi connectivity index (χ1n) is 9.29. The monoisotopic (exact) mass is 371 g/mol. The molecule has 3 atom stereocenters. The topological polar surface area (TPSA) is 3.24 Å². The maximum atomic E-state index is 6.01. The van der Waals surface area contributed by atoms with Crippen LogP contribution in [0.3, 0.4) is 0 Å². The normalized spacial score (nSPS) is 23.1. The van der Waals surface area contributed by atoms with Gasteiger partial charge in [-0.2, -0.15) is 0 Å². The van der Waals surface area contributed by atoms with Crippen molar-refractivity contribution in [3.8, 4) is 0 Å². The molecule has 0 amide bonds.